The lowest BCUT2D eigenvalue weighted by Crippen LogP contribution is -2.41. The Morgan fingerprint density at radius 1 is 1.13 bits per heavy atom. The van der Waals surface area contributed by atoms with Crippen molar-refractivity contribution < 1.29 is 27.6 Å². The van der Waals surface area contributed by atoms with Crippen molar-refractivity contribution in [1.29, 1.82) is 0 Å². The Labute approximate surface area is 181 Å². The maximum Gasteiger partial charge on any atom is 0.418 e. The first-order valence-electron chi connectivity index (χ1n) is 9.49. The van der Waals surface area contributed by atoms with Crippen molar-refractivity contribution in [3.8, 4) is 0 Å². The van der Waals surface area contributed by atoms with Crippen LogP contribution in [0, 0.1) is 0 Å². The molecule has 3 amide bonds. The largest absolute Gasteiger partial charge is 0.418 e. The van der Waals surface area contributed by atoms with Crippen molar-refractivity contribution in [2.75, 3.05) is 23.7 Å². The molecule has 164 valence electrons. The maximum atomic E-state index is 13.1. The second kappa shape index (κ2) is 9.42. The van der Waals surface area contributed by atoms with Crippen LogP contribution in [0.4, 0.5) is 24.5 Å². The van der Waals surface area contributed by atoms with Crippen LogP contribution < -0.4 is 10.6 Å². The van der Waals surface area contributed by atoms with E-state index in [0.29, 0.717) is 5.69 Å². The van der Waals surface area contributed by atoms with Gasteiger partial charge in [-0.05, 0) is 31.2 Å². The van der Waals surface area contributed by atoms with Crippen molar-refractivity contribution in [3.63, 3.8) is 0 Å². The summed E-state index contributed by atoms with van der Waals surface area (Å²) in [6, 6.07) is 11.8. The standard InChI is InChI=1S/C21H20F3N3O3S/c1-2-27(12-18(28)25-14-8-4-3-7-13(14)21(22,23)24)19(29)11-17-20(30)26-15-9-5-6-10-16(15)31-17/h3-10,17H,2,11-12H2,1H3,(H,25,28)(H,26,30)/t17-/m0/s1. The van der Waals surface area contributed by atoms with Crippen molar-refractivity contribution in [1.82, 2.24) is 4.90 Å². The molecule has 0 fully saturated rings. The Bertz CT molecular complexity index is 997. The molecule has 1 atom stereocenters. The van der Waals surface area contributed by atoms with E-state index in [2.05, 4.69) is 10.6 Å². The average molecular weight is 451 g/mol. The van der Waals surface area contributed by atoms with Crippen LogP contribution in [0.3, 0.4) is 0 Å². The van der Waals surface area contributed by atoms with Gasteiger partial charge in [-0.1, -0.05) is 24.3 Å². The minimum Gasteiger partial charge on any atom is -0.334 e. The number of nitrogens with zero attached hydrogens (tertiary/aromatic N) is 1. The maximum absolute atomic E-state index is 13.1. The lowest BCUT2D eigenvalue weighted by molar-refractivity contribution is -0.137. The third-order valence-electron chi connectivity index (χ3n) is 4.64. The zero-order valence-corrected chi connectivity index (χ0v) is 17.3. The number of carbonyl (C=O) groups is 3. The first kappa shape index (κ1) is 22.7. The predicted molar refractivity (Wildman–Crippen MR) is 112 cm³/mol. The molecule has 0 aromatic heterocycles. The van der Waals surface area contributed by atoms with Gasteiger partial charge in [0.1, 0.15) is 0 Å². The van der Waals surface area contributed by atoms with Crippen LogP contribution >= 0.6 is 11.8 Å². The fraction of sp³-hybridized carbons (Fsp3) is 0.286. The summed E-state index contributed by atoms with van der Waals surface area (Å²) in [4.78, 5) is 39.4. The molecule has 2 N–H and O–H groups in total. The summed E-state index contributed by atoms with van der Waals surface area (Å²) in [5.41, 5.74) is -0.662. The highest BCUT2D eigenvalue weighted by Gasteiger charge is 2.34. The highest BCUT2D eigenvalue weighted by atomic mass is 32.2. The van der Waals surface area contributed by atoms with Gasteiger partial charge in [-0.3, -0.25) is 14.4 Å². The normalized spacial score (nSPS) is 15.6. The smallest absolute Gasteiger partial charge is 0.334 e. The Balaban J connectivity index is 1.63. The third-order valence-corrected chi connectivity index (χ3v) is 5.92. The van der Waals surface area contributed by atoms with E-state index in [1.807, 2.05) is 12.1 Å². The molecule has 0 bridgehead atoms. The zero-order chi connectivity index (χ0) is 22.6. The quantitative estimate of drug-likeness (QED) is 0.696. The molecule has 0 spiro atoms. The van der Waals surface area contributed by atoms with Gasteiger partial charge in [0.25, 0.3) is 0 Å². The summed E-state index contributed by atoms with van der Waals surface area (Å²) >= 11 is 1.26. The SMILES string of the molecule is CCN(CC(=O)Nc1ccccc1C(F)(F)F)C(=O)C[C@@H]1Sc2ccccc2NC1=O. The van der Waals surface area contributed by atoms with Crippen molar-refractivity contribution in [2.24, 2.45) is 0 Å². The number of benzene rings is 2. The molecule has 10 heteroatoms. The van der Waals surface area contributed by atoms with E-state index in [1.165, 1.54) is 28.8 Å². The molecule has 1 aliphatic rings. The van der Waals surface area contributed by atoms with Crippen molar-refractivity contribution >= 4 is 40.9 Å². The van der Waals surface area contributed by atoms with Gasteiger partial charge in [0, 0.05) is 17.9 Å². The molecule has 1 heterocycles. The van der Waals surface area contributed by atoms with Crippen LogP contribution in [0.2, 0.25) is 0 Å². The van der Waals surface area contributed by atoms with Gasteiger partial charge >= 0.3 is 6.18 Å². The number of para-hydroxylation sites is 2. The number of alkyl halides is 3. The Morgan fingerprint density at radius 3 is 2.52 bits per heavy atom. The molecule has 3 rings (SSSR count). The van der Waals surface area contributed by atoms with E-state index < -0.39 is 35.3 Å². The summed E-state index contributed by atoms with van der Waals surface area (Å²) in [6.45, 7) is 1.40. The van der Waals surface area contributed by atoms with Gasteiger partial charge in [0.15, 0.2) is 0 Å². The monoisotopic (exact) mass is 451 g/mol. The minimum atomic E-state index is -4.62. The molecular formula is C21H20F3N3O3S. The first-order valence-corrected chi connectivity index (χ1v) is 10.4. The highest BCUT2D eigenvalue weighted by molar-refractivity contribution is 8.01. The van der Waals surface area contributed by atoms with Crippen LogP contribution in [0.5, 0.6) is 0 Å². The molecule has 31 heavy (non-hydrogen) atoms. The number of anilines is 2. The lowest BCUT2D eigenvalue weighted by Gasteiger charge is -2.26. The molecule has 0 saturated carbocycles. The van der Waals surface area contributed by atoms with Gasteiger partial charge in [0.05, 0.1) is 28.7 Å². The van der Waals surface area contributed by atoms with Gasteiger partial charge in [-0.25, -0.2) is 0 Å². The Hall–Kier alpha value is -3.01. The van der Waals surface area contributed by atoms with Crippen molar-refractivity contribution in [2.45, 2.75) is 29.7 Å². The summed E-state index contributed by atoms with van der Waals surface area (Å²) in [7, 11) is 0. The van der Waals surface area contributed by atoms with E-state index in [9.17, 15) is 27.6 Å². The van der Waals surface area contributed by atoms with Gasteiger partial charge in [0.2, 0.25) is 17.7 Å². The Morgan fingerprint density at radius 2 is 1.81 bits per heavy atom. The number of rotatable bonds is 6. The molecule has 0 saturated heterocycles. The van der Waals surface area contributed by atoms with Gasteiger partial charge < -0.3 is 15.5 Å². The fourth-order valence-corrected chi connectivity index (χ4v) is 4.20. The molecule has 2 aromatic rings. The van der Waals surface area contributed by atoms with E-state index in [4.69, 9.17) is 0 Å². The first-order chi connectivity index (χ1) is 14.7. The number of nitrogens with one attached hydrogen (secondary N) is 2. The van der Waals surface area contributed by atoms with Crippen LogP contribution in [0.1, 0.15) is 18.9 Å². The van der Waals surface area contributed by atoms with Crippen LogP contribution in [0.15, 0.2) is 53.4 Å². The molecule has 0 aliphatic carbocycles. The summed E-state index contributed by atoms with van der Waals surface area (Å²) in [5.74, 6) is -1.50. The van der Waals surface area contributed by atoms with Gasteiger partial charge in [-0.2, -0.15) is 13.2 Å². The molecular weight excluding hydrogens is 431 g/mol. The zero-order valence-electron chi connectivity index (χ0n) is 16.5. The summed E-state index contributed by atoms with van der Waals surface area (Å²) < 4.78 is 39.3. The van der Waals surface area contributed by atoms with Crippen LogP contribution in [-0.4, -0.2) is 41.0 Å². The van der Waals surface area contributed by atoms with E-state index in [0.717, 1.165) is 17.0 Å². The van der Waals surface area contributed by atoms with Crippen LogP contribution in [0.25, 0.3) is 0 Å². The van der Waals surface area contributed by atoms with E-state index in [-0.39, 0.29) is 24.6 Å². The predicted octanol–water partition coefficient (Wildman–Crippen LogP) is 4.00. The minimum absolute atomic E-state index is 0.134. The number of thioether (sulfide) groups is 1. The number of carbonyl (C=O) groups excluding carboxylic acids is 3. The van der Waals surface area contributed by atoms with E-state index in [1.54, 1.807) is 19.1 Å². The van der Waals surface area contributed by atoms with Gasteiger partial charge in [-0.15, -0.1) is 11.8 Å². The number of amides is 3. The highest BCUT2D eigenvalue weighted by Crippen LogP contribution is 2.37. The third kappa shape index (κ3) is 5.57. The van der Waals surface area contributed by atoms with Crippen molar-refractivity contribution in [3.05, 3.63) is 54.1 Å². The topological polar surface area (TPSA) is 78.5 Å². The Kier molecular flexibility index (Phi) is 6.89. The number of fused-ring (bicyclic) bond motifs is 1. The second-order valence-corrected chi connectivity index (χ2v) is 8.04. The molecule has 1 aliphatic heterocycles. The number of halogens is 3. The molecule has 6 nitrogen and oxygen atoms in total. The lowest BCUT2D eigenvalue weighted by atomic mass is 10.1. The summed E-state index contributed by atoms with van der Waals surface area (Å²) in [6.07, 6.45) is -4.75. The fourth-order valence-electron chi connectivity index (χ4n) is 3.09. The molecule has 0 unspecified atom stereocenters. The number of hydrogen-bond donors (Lipinski definition) is 2. The van der Waals surface area contributed by atoms with E-state index >= 15 is 0 Å². The number of likely N-dealkylation sites (N-methyl/N-ethyl adjacent to an activating group) is 1. The molecule has 2 aromatic carbocycles. The van der Waals surface area contributed by atoms with Crippen LogP contribution in [-0.2, 0) is 20.6 Å². The second-order valence-electron chi connectivity index (χ2n) is 6.80. The number of hydrogen-bond acceptors (Lipinski definition) is 4. The average Bonchev–Trinajstić information content (AvgIpc) is 2.72. The molecule has 0 radical (unpaired) electrons. The summed E-state index contributed by atoms with van der Waals surface area (Å²) in [5, 5.41) is 4.31.